The van der Waals surface area contributed by atoms with Crippen LogP contribution in [0.4, 0.5) is 23.2 Å². The Labute approximate surface area is 194 Å². The SMILES string of the molecule is O=C(CN1CCC(C(=O)NCCc2ccccc2F)CC1)Nc1ccc(Cl)cc1C(F)(F)F. The maximum atomic E-state index is 13.6. The summed E-state index contributed by atoms with van der Waals surface area (Å²) >= 11 is 5.65. The maximum Gasteiger partial charge on any atom is 0.418 e. The van der Waals surface area contributed by atoms with Crippen molar-refractivity contribution in [2.45, 2.75) is 25.4 Å². The fourth-order valence-corrected chi connectivity index (χ4v) is 3.94. The summed E-state index contributed by atoms with van der Waals surface area (Å²) in [5.41, 5.74) is -0.817. The Morgan fingerprint density at radius 3 is 2.45 bits per heavy atom. The number of likely N-dealkylation sites (tertiary alicyclic amines) is 1. The van der Waals surface area contributed by atoms with Crippen LogP contribution in [0.1, 0.15) is 24.0 Å². The van der Waals surface area contributed by atoms with Crippen molar-refractivity contribution < 1.29 is 27.2 Å². The average molecular weight is 486 g/mol. The second-order valence-corrected chi connectivity index (χ2v) is 8.36. The van der Waals surface area contributed by atoms with E-state index >= 15 is 0 Å². The van der Waals surface area contributed by atoms with Crippen molar-refractivity contribution in [1.29, 1.82) is 0 Å². The van der Waals surface area contributed by atoms with Gasteiger partial charge >= 0.3 is 6.18 Å². The summed E-state index contributed by atoms with van der Waals surface area (Å²) in [6.45, 7) is 1.17. The molecule has 1 saturated heterocycles. The number of hydrogen-bond acceptors (Lipinski definition) is 3. The van der Waals surface area contributed by atoms with Gasteiger partial charge in [-0.15, -0.1) is 0 Å². The number of piperidine rings is 1. The normalized spacial score (nSPS) is 15.3. The Morgan fingerprint density at radius 1 is 1.09 bits per heavy atom. The quantitative estimate of drug-likeness (QED) is 0.567. The second kappa shape index (κ2) is 11.0. The highest BCUT2D eigenvalue weighted by Gasteiger charge is 2.34. The van der Waals surface area contributed by atoms with Crippen LogP contribution >= 0.6 is 11.6 Å². The first kappa shape index (κ1) is 25.0. The van der Waals surface area contributed by atoms with Gasteiger partial charge in [-0.05, 0) is 62.2 Å². The Balaban J connectivity index is 1.43. The average Bonchev–Trinajstić information content (AvgIpc) is 2.76. The summed E-state index contributed by atoms with van der Waals surface area (Å²) in [6.07, 6.45) is -3.21. The molecule has 5 nitrogen and oxygen atoms in total. The third-order valence-electron chi connectivity index (χ3n) is 5.54. The number of halogens is 5. The molecule has 0 radical (unpaired) electrons. The molecule has 0 atom stereocenters. The van der Waals surface area contributed by atoms with E-state index in [9.17, 15) is 27.2 Å². The first-order valence-electron chi connectivity index (χ1n) is 10.5. The third-order valence-corrected chi connectivity index (χ3v) is 5.77. The van der Waals surface area contributed by atoms with Crippen LogP contribution in [0.2, 0.25) is 5.02 Å². The van der Waals surface area contributed by atoms with E-state index in [4.69, 9.17) is 11.6 Å². The van der Waals surface area contributed by atoms with Gasteiger partial charge in [0.15, 0.2) is 0 Å². The molecule has 10 heteroatoms. The van der Waals surface area contributed by atoms with Crippen molar-refractivity contribution in [2.24, 2.45) is 5.92 Å². The zero-order valence-electron chi connectivity index (χ0n) is 17.7. The highest BCUT2D eigenvalue weighted by molar-refractivity contribution is 6.30. The number of rotatable bonds is 7. The molecule has 178 valence electrons. The second-order valence-electron chi connectivity index (χ2n) is 7.92. The van der Waals surface area contributed by atoms with E-state index in [-0.39, 0.29) is 34.9 Å². The molecule has 3 rings (SSSR count). The molecular formula is C23H24ClF4N3O2. The first-order valence-corrected chi connectivity index (χ1v) is 10.9. The minimum absolute atomic E-state index is 0.0745. The summed E-state index contributed by atoms with van der Waals surface area (Å²) in [5, 5.41) is 5.05. The molecule has 2 aromatic rings. The van der Waals surface area contributed by atoms with E-state index in [0.717, 1.165) is 12.1 Å². The number of nitrogens with one attached hydrogen (secondary N) is 2. The van der Waals surface area contributed by atoms with Crippen LogP contribution in [0.15, 0.2) is 42.5 Å². The smallest absolute Gasteiger partial charge is 0.356 e. The Kier molecular flexibility index (Phi) is 8.31. The van der Waals surface area contributed by atoms with Crippen LogP contribution in [0.25, 0.3) is 0 Å². The van der Waals surface area contributed by atoms with E-state index in [1.54, 1.807) is 23.1 Å². The van der Waals surface area contributed by atoms with Crippen LogP contribution in [-0.4, -0.2) is 42.9 Å². The van der Waals surface area contributed by atoms with Gasteiger partial charge < -0.3 is 10.6 Å². The predicted octanol–water partition coefficient (Wildman–Crippen LogP) is 4.51. The van der Waals surface area contributed by atoms with E-state index in [1.807, 2.05) is 0 Å². The van der Waals surface area contributed by atoms with Crippen LogP contribution in [0, 0.1) is 11.7 Å². The molecule has 0 bridgehead atoms. The van der Waals surface area contributed by atoms with Crippen molar-refractivity contribution in [2.75, 3.05) is 31.5 Å². The standard InChI is InChI=1S/C23H24ClF4N3O2/c24-17-5-6-20(18(13-17)23(26,27)28)30-21(32)14-31-11-8-16(9-12-31)22(33)29-10-7-15-3-1-2-4-19(15)25/h1-6,13,16H,7-12,14H2,(H,29,33)(H,30,32). The molecule has 1 heterocycles. The number of anilines is 1. The van der Waals surface area contributed by atoms with Crippen LogP contribution in [-0.2, 0) is 22.2 Å². The van der Waals surface area contributed by atoms with Crippen molar-refractivity contribution in [3.8, 4) is 0 Å². The van der Waals surface area contributed by atoms with Gasteiger partial charge in [0.05, 0.1) is 17.8 Å². The van der Waals surface area contributed by atoms with Crippen LogP contribution in [0.3, 0.4) is 0 Å². The van der Waals surface area contributed by atoms with Gasteiger partial charge in [0.1, 0.15) is 5.82 Å². The van der Waals surface area contributed by atoms with Crippen LogP contribution in [0.5, 0.6) is 0 Å². The molecule has 0 unspecified atom stereocenters. The number of hydrogen-bond donors (Lipinski definition) is 2. The van der Waals surface area contributed by atoms with Gasteiger partial charge in [-0.25, -0.2) is 4.39 Å². The number of nitrogens with zero attached hydrogens (tertiary/aromatic N) is 1. The molecule has 0 spiro atoms. The van der Waals surface area contributed by atoms with Gasteiger partial charge in [0.2, 0.25) is 11.8 Å². The lowest BCUT2D eigenvalue weighted by Gasteiger charge is -2.30. The molecular weight excluding hydrogens is 462 g/mol. The number of benzene rings is 2. The molecule has 1 fully saturated rings. The molecule has 2 aromatic carbocycles. The fourth-order valence-electron chi connectivity index (χ4n) is 3.77. The van der Waals surface area contributed by atoms with Crippen molar-refractivity contribution in [3.63, 3.8) is 0 Å². The Hall–Kier alpha value is -2.65. The maximum absolute atomic E-state index is 13.6. The zero-order valence-corrected chi connectivity index (χ0v) is 18.5. The molecule has 0 aromatic heterocycles. The van der Waals surface area contributed by atoms with Gasteiger partial charge in [0, 0.05) is 17.5 Å². The molecule has 2 amide bonds. The minimum atomic E-state index is -4.65. The predicted molar refractivity (Wildman–Crippen MR) is 117 cm³/mol. The molecule has 0 saturated carbocycles. The molecule has 0 aliphatic carbocycles. The molecule has 33 heavy (non-hydrogen) atoms. The summed E-state index contributed by atoms with van der Waals surface area (Å²) in [7, 11) is 0. The van der Waals surface area contributed by atoms with E-state index in [1.165, 1.54) is 12.1 Å². The molecule has 2 N–H and O–H groups in total. The van der Waals surface area contributed by atoms with Gasteiger partial charge in [0.25, 0.3) is 0 Å². The van der Waals surface area contributed by atoms with Gasteiger partial charge in [-0.1, -0.05) is 29.8 Å². The largest absolute Gasteiger partial charge is 0.418 e. The van der Waals surface area contributed by atoms with E-state index in [0.29, 0.717) is 44.5 Å². The topological polar surface area (TPSA) is 61.4 Å². The number of amides is 2. The summed E-state index contributed by atoms with van der Waals surface area (Å²) in [5.74, 6) is -1.22. The Bertz CT molecular complexity index is 992. The lowest BCUT2D eigenvalue weighted by molar-refractivity contribution is -0.137. The zero-order chi connectivity index (χ0) is 24.0. The highest BCUT2D eigenvalue weighted by Crippen LogP contribution is 2.36. The summed E-state index contributed by atoms with van der Waals surface area (Å²) in [6, 6.07) is 9.57. The van der Waals surface area contributed by atoms with Crippen molar-refractivity contribution >= 4 is 29.1 Å². The first-order chi connectivity index (χ1) is 15.6. The highest BCUT2D eigenvalue weighted by atomic mass is 35.5. The molecule has 1 aliphatic heterocycles. The summed E-state index contributed by atoms with van der Waals surface area (Å²) < 4.78 is 53.2. The third kappa shape index (κ3) is 7.17. The summed E-state index contributed by atoms with van der Waals surface area (Å²) in [4.78, 5) is 26.5. The van der Waals surface area contributed by atoms with Gasteiger partial charge in [-0.2, -0.15) is 13.2 Å². The lowest BCUT2D eigenvalue weighted by Crippen LogP contribution is -2.43. The van der Waals surface area contributed by atoms with E-state index in [2.05, 4.69) is 10.6 Å². The monoisotopic (exact) mass is 485 g/mol. The van der Waals surface area contributed by atoms with Crippen molar-refractivity contribution in [3.05, 3.63) is 64.4 Å². The van der Waals surface area contributed by atoms with Gasteiger partial charge in [-0.3, -0.25) is 14.5 Å². The Morgan fingerprint density at radius 2 is 1.79 bits per heavy atom. The fraction of sp³-hybridized carbons (Fsp3) is 0.391. The number of carbonyl (C=O) groups excluding carboxylic acids is 2. The van der Waals surface area contributed by atoms with E-state index < -0.39 is 17.6 Å². The lowest BCUT2D eigenvalue weighted by atomic mass is 9.96. The number of carbonyl (C=O) groups is 2. The molecule has 1 aliphatic rings. The van der Waals surface area contributed by atoms with Crippen LogP contribution < -0.4 is 10.6 Å². The minimum Gasteiger partial charge on any atom is -0.356 e. The number of alkyl halides is 3. The van der Waals surface area contributed by atoms with Crippen molar-refractivity contribution in [1.82, 2.24) is 10.2 Å².